The van der Waals surface area contributed by atoms with Crippen molar-refractivity contribution in [2.45, 2.75) is 12.8 Å². The summed E-state index contributed by atoms with van der Waals surface area (Å²) < 4.78 is 15.8. The van der Waals surface area contributed by atoms with Crippen molar-refractivity contribution in [2.75, 3.05) is 40.2 Å². The van der Waals surface area contributed by atoms with E-state index in [1.807, 2.05) is 30.3 Å². The number of guanidine groups is 1. The van der Waals surface area contributed by atoms with Gasteiger partial charge in [0, 0.05) is 25.3 Å². The number of anilines is 1. The number of benzene rings is 2. The average Bonchev–Trinajstić information content (AvgIpc) is 2.70. The van der Waals surface area contributed by atoms with E-state index in [9.17, 15) is 0 Å². The Balaban J connectivity index is 0.00000364. The molecule has 0 fully saturated rings. The second-order valence-corrected chi connectivity index (χ2v) is 5.65. The summed E-state index contributed by atoms with van der Waals surface area (Å²) in [4.78, 5) is 4.26. The molecule has 2 aromatic carbocycles. The normalized spacial score (nSPS) is 10.6. The van der Waals surface area contributed by atoms with Crippen molar-refractivity contribution in [1.29, 1.82) is 0 Å². The number of rotatable bonds is 8. The molecule has 0 saturated heterocycles. The Labute approximate surface area is 178 Å². The van der Waals surface area contributed by atoms with Gasteiger partial charge in [-0.05, 0) is 42.7 Å². The largest absolute Gasteiger partial charge is 0.497 e. The first-order valence-corrected chi connectivity index (χ1v) is 8.52. The summed E-state index contributed by atoms with van der Waals surface area (Å²) in [6.07, 6.45) is 1.96. The zero-order valence-corrected chi connectivity index (χ0v) is 18.6. The monoisotopic (exact) mass is 485 g/mol. The van der Waals surface area contributed by atoms with Gasteiger partial charge in [0.05, 0.1) is 21.3 Å². The lowest BCUT2D eigenvalue weighted by Crippen LogP contribution is -2.31. The Bertz CT molecular complexity index is 738. The second kappa shape index (κ2) is 12.3. The number of aliphatic imine (C=N–C) groups is 1. The summed E-state index contributed by atoms with van der Waals surface area (Å²) in [5.41, 5.74) is 2.14. The first kappa shape index (κ1) is 22.9. The van der Waals surface area contributed by atoms with Gasteiger partial charge in [-0.1, -0.05) is 12.1 Å². The molecule has 0 atom stereocenters. The summed E-state index contributed by atoms with van der Waals surface area (Å²) in [6, 6.07) is 13.8. The topological polar surface area (TPSA) is 64.1 Å². The summed E-state index contributed by atoms with van der Waals surface area (Å²) in [7, 11) is 6.67. The summed E-state index contributed by atoms with van der Waals surface area (Å²) >= 11 is 0. The van der Waals surface area contributed by atoms with Gasteiger partial charge in [-0.2, -0.15) is 0 Å². The molecular formula is C20H28IN3O3. The molecule has 27 heavy (non-hydrogen) atoms. The van der Waals surface area contributed by atoms with Crippen LogP contribution in [0.2, 0.25) is 0 Å². The number of hydrogen-bond donors (Lipinski definition) is 2. The lowest BCUT2D eigenvalue weighted by atomic mass is 10.1. The lowest BCUT2D eigenvalue weighted by molar-refractivity contribution is 0.355. The number of halogens is 1. The molecule has 0 unspecified atom stereocenters. The molecule has 0 spiro atoms. The van der Waals surface area contributed by atoms with Crippen molar-refractivity contribution in [1.82, 2.24) is 5.32 Å². The van der Waals surface area contributed by atoms with Crippen LogP contribution in [0, 0.1) is 0 Å². The molecule has 0 aliphatic heterocycles. The molecular weight excluding hydrogens is 457 g/mol. The van der Waals surface area contributed by atoms with E-state index in [4.69, 9.17) is 14.2 Å². The van der Waals surface area contributed by atoms with Crippen LogP contribution in [0.1, 0.15) is 12.0 Å². The highest BCUT2D eigenvalue weighted by atomic mass is 127. The smallest absolute Gasteiger partial charge is 0.195 e. The zero-order chi connectivity index (χ0) is 18.8. The lowest BCUT2D eigenvalue weighted by Gasteiger charge is -2.14. The quantitative estimate of drug-likeness (QED) is 0.257. The number of methoxy groups -OCH3 is 3. The number of nitrogens with zero attached hydrogens (tertiary/aromatic N) is 1. The van der Waals surface area contributed by atoms with E-state index in [1.54, 1.807) is 28.4 Å². The fourth-order valence-electron chi connectivity index (χ4n) is 2.56. The molecule has 2 rings (SSSR count). The van der Waals surface area contributed by atoms with Crippen molar-refractivity contribution >= 4 is 35.6 Å². The van der Waals surface area contributed by atoms with Crippen LogP contribution in [0.3, 0.4) is 0 Å². The van der Waals surface area contributed by atoms with Crippen LogP contribution in [0.4, 0.5) is 5.69 Å². The van der Waals surface area contributed by atoms with Crippen LogP contribution >= 0.6 is 24.0 Å². The van der Waals surface area contributed by atoms with Crippen LogP contribution in [-0.4, -0.2) is 40.9 Å². The molecule has 0 aromatic heterocycles. The van der Waals surface area contributed by atoms with Gasteiger partial charge in [-0.25, -0.2) is 0 Å². The highest BCUT2D eigenvalue weighted by molar-refractivity contribution is 14.0. The Kier molecular flexibility index (Phi) is 10.4. The summed E-state index contributed by atoms with van der Waals surface area (Å²) in [6.45, 7) is 0.810. The second-order valence-electron chi connectivity index (χ2n) is 5.65. The standard InChI is InChI=1S/C20H27N3O3.HI/c1-21-20(23-16-10-11-18(25-3)19(14-16)26-4)22-12-6-8-15-7-5-9-17(13-15)24-2;/h5,7,9-11,13-14H,6,8,12H2,1-4H3,(H2,21,22,23);1H. The average molecular weight is 485 g/mol. The molecule has 0 heterocycles. The minimum absolute atomic E-state index is 0. The predicted molar refractivity (Wildman–Crippen MR) is 121 cm³/mol. The van der Waals surface area contributed by atoms with E-state index in [2.05, 4.69) is 27.8 Å². The van der Waals surface area contributed by atoms with Crippen molar-refractivity contribution in [3.63, 3.8) is 0 Å². The van der Waals surface area contributed by atoms with E-state index in [0.717, 1.165) is 30.8 Å². The minimum Gasteiger partial charge on any atom is -0.497 e. The van der Waals surface area contributed by atoms with Crippen molar-refractivity contribution in [2.24, 2.45) is 4.99 Å². The fourth-order valence-corrected chi connectivity index (χ4v) is 2.56. The van der Waals surface area contributed by atoms with E-state index < -0.39 is 0 Å². The third-order valence-electron chi connectivity index (χ3n) is 3.94. The van der Waals surface area contributed by atoms with Crippen molar-refractivity contribution < 1.29 is 14.2 Å². The molecule has 7 heteroatoms. The Morgan fingerprint density at radius 1 is 0.963 bits per heavy atom. The van der Waals surface area contributed by atoms with E-state index in [0.29, 0.717) is 17.5 Å². The van der Waals surface area contributed by atoms with E-state index >= 15 is 0 Å². The highest BCUT2D eigenvalue weighted by Gasteiger charge is 2.06. The van der Waals surface area contributed by atoms with Crippen molar-refractivity contribution in [3.05, 3.63) is 48.0 Å². The maximum absolute atomic E-state index is 5.32. The number of hydrogen-bond acceptors (Lipinski definition) is 4. The minimum atomic E-state index is 0. The van der Waals surface area contributed by atoms with Crippen LogP contribution in [0.15, 0.2) is 47.5 Å². The van der Waals surface area contributed by atoms with Crippen LogP contribution in [-0.2, 0) is 6.42 Å². The number of nitrogens with one attached hydrogen (secondary N) is 2. The molecule has 0 aliphatic rings. The Morgan fingerprint density at radius 2 is 1.74 bits per heavy atom. The maximum atomic E-state index is 5.32. The predicted octanol–water partition coefficient (Wildman–Crippen LogP) is 3.95. The molecule has 0 bridgehead atoms. The van der Waals surface area contributed by atoms with Gasteiger partial charge in [0.15, 0.2) is 17.5 Å². The van der Waals surface area contributed by atoms with Gasteiger partial charge in [0.2, 0.25) is 0 Å². The van der Waals surface area contributed by atoms with Crippen LogP contribution in [0.25, 0.3) is 0 Å². The number of ether oxygens (including phenoxy) is 3. The third kappa shape index (κ3) is 7.16. The molecule has 2 aromatic rings. The van der Waals surface area contributed by atoms with Gasteiger partial charge in [-0.3, -0.25) is 4.99 Å². The maximum Gasteiger partial charge on any atom is 0.195 e. The van der Waals surface area contributed by atoms with Gasteiger partial charge in [0.1, 0.15) is 5.75 Å². The molecule has 0 aliphatic carbocycles. The Hall–Kier alpha value is -2.16. The van der Waals surface area contributed by atoms with Crippen molar-refractivity contribution in [3.8, 4) is 17.2 Å². The third-order valence-corrected chi connectivity index (χ3v) is 3.94. The van der Waals surface area contributed by atoms with E-state index in [1.165, 1.54) is 5.56 Å². The first-order chi connectivity index (χ1) is 12.7. The zero-order valence-electron chi connectivity index (χ0n) is 16.2. The molecule has 2 N–H and O–H groups in total. The van der Waals surface area contributed by atoms with Gasteiger partial charge in [-0.15, -0.1) is 24.0 Å². The molecule has 0 amide bonds. The fraction of sp³-hybridized carbons (Fsp3) is 0.350. The van der Waals surface area contributed by atoms with Gasteiger partial charge in [0.25, 0.3) is 0 Å². The summed E-state index contributed by atoms with van der Waals surface area (Å²) in [5.74, 6) is 2.97. The molecule has 148 valence electrons. The molecule has 6 nitrogen and oxygen atoms in total. The molecule has 0 radical (unpaired) electrons. The van der Waals surface area contributed by atoms with Gasteiger partial charge >= 0.3 is 0 Å². The SMILES string of the molecule is CN=C(NCCCc1cccc(OC)c1)Nc1ccc(OC)c(OC)c1.I. The Morgan fingerprint density at radius 3 is 2.41 bits per heavy atom. The van der Waals surface area contributed by atoms with Crippen LogP contribution in [0.5, 0.6) is 17.2 Å². The van der Waals surface area contributed by atoms with Crippen LogP contribution < -0.4 is 24.8 Å². The van der Waals surface area contributed by atoms with Gasteiger partial charge < -0.3 is 24.8 Å². The van der Waals surface area contributed by atoms with E-state index in [-0.39, 0.29) is 24.0 Å². The number of aryl methyl sites for hydroxylation is 1. The highest BCUT2D eigenvalue weighted by Crippen LogP contribution is 2.29. The molecule has 0 saturated carbocycles. The summed E-state index contributed by atoms with van der Waals surface area (Å²) in [5, 5.41) is 6.57. The first-order valence-electron chi connectivity index (χ1n) is 8.52.